The topological polar surface area (TPSA) is 69.6 Å². The molecule has 0 aliphatic carbocycles. The Labute approximate surface area is 75.1 Å². The van der Waals surface area contributed by atoms with Crippen LogP contribution in [0.1, 0.15) is 5.56 Å². The summed E-state index contributed by atoms with van der Waals surface area (Å²) in [5, 5.41) is 17.4. The average Bonchev–Trinajstić information content (AvgIpc) is 2.16. The van der Waals surface area contributed by atoms with Gasteiger partial charge in [-0.25, -0.2) is 5.48 Å². The van der Waals surface area contributed by atoms with Gasteiger partial charge < -0.3 is 5.11 Å². The van der Waals surface area contributed by atoms with Gasteiger partial charge in [0.2, 0.25) is 0 Å². The van der Waals surface area contributed by atoms with E-state index >= 15 is 0 Å². The molecule has 0 atom stereocenters. The quantitative estimate of drug-likeness (QED) is 0.359. The molecule has 13 heavy (non-hydrogen) atoms. The number of hydroxylamine groups is 1. The number of phenolic OH excluding ortho intramolecular Hbond substituents is 1. The van der Waals surface area contributed by atoms with Crippen LogP contribution >= 0.6 is 0 Å². The summed E-state index contributed by atoms with van der Waals surface area (Å²) in [5.41, 5.74) is 1.97. The number of para-hydroxylation sites is 1. The first kappa shape index (κ1) is 9.28. The monoisotopic (exact) mass is 179 g/mol. The average molecular weight is 179 g/mol. The summed E-state index contributed by atoms with van der Waals surface area (Å²) in [6, 6.07) is 6.57. The second kappa shape index (κ2) is 4.27. The Balaban J connectivity index is 2.80. The minimum absolute atomic E-state index is 0.0875. The van der Waals surface area contributed by atoms with Crippen molar-refractivity contribution in [2.75, 3.05) is 0 Å². The van der Waals surface area contributed by atoms with Gasteiger partial charge in [-0.05, 0) is 12.1 Å². The zero-order chi connectivity index (χ0) is 9.68. The van der Waals surface area contributed by atoms with Gasteiger partial charge in [0.1, 0.15) is 5.75 Å². The number of nitrogens with one attached hydrogen (secondary N) is 1. The zero-order valence-corrected chi connectivity index (χ0v) is 6.77. The lowest BCUT2D eigenvalue weighted by atomic mass is 10.2. The molecule has 4 heteroatoms. The van der Waals surface area contributed by atoms with Gasteiger partial charge in [-0.2, -0.15) is 0 Å². The summed E-state index contributed by atoms with van der Waals surface area (Å²) in [5.74, 6) is -0.548. The Morgan fingerprint density at radius 1 is 1.38 bits per heavy atom. The van der Waals surface area contributed by atoms with Crippen LogP contribution in [0, 0.1) is 0 Å². The molecule has 0 unspecified atom stereocenters. The van der Waals surface area contributed by atoms with Crippen LogP contribution in [-0.4, -0.2) is 16.2 Å². The Hall–Kier alpha value is -1.81. The van der Waals surface area contributed by atoms with Crippen LogP contribution in [0.2, 0.25) is 0 Å². The van der Waals surface area contributed by atoms with Gasteiger partial charge >= 0.3 is 0 Å². The first-order valence-corrected chi connectivity index (χ1v) is 3.64. The first-order valence-electron chi connectivity index (χ1n) is 3.64. The van der Waals surface area contributed by atoms with E-state index in [2.05, 4.69) is 0 Å². The van der Waals surface area contributed by atoms with E-state index in [4.69, 9.17) is 5.21 Å². The molecule has 1 amide bonds. The van der Waals surface area contributed by atoms with E-state index < -0.39 is 5.91 Å². The maximum Gasteiger partial charge on any atom is 0.267 e. The maximum atomic E-state index is 10.6. The highest BCUT2D eigenvalue weighted by Gasteiger charge is 1.95. The van der Waals surface area contributed by atoms with E-state index in [1.54, 1.807) is 18.2 Å². The van der Waals surface area contributed by atoms with Gasteiger partial charge in [0.15, 0.2) is 0 Å². The fourth-order valence-electron chi connectivity index (χ4n) is 0.831. The van der Waals surface area contributed by atoms with Crippen LogP contribution in [0.4, 0.5) is 0 Å². The summed E-state index contributed by atoms with van der Waals surface area (Å²) >= 11 is 0. The van der Waals surface area contributed by atoms with E-state index in [0.717, 1.165) is 6.08 Å². The van der Waals surface area contributed by atoms with Crippen molar-refractivity contribution in [3.8, 4) is 5.75 Å². The normalized spacial score (nSPS) is 10.2. The Kier molecular flexibility index (Phi) is 3.05. The molecule has 1 aromatic rings. The fraction of sp³-hybridized carbons (Fsp3) is 0. The highest BCUT2D eigenvalue weighted by atomic mass is 16.5. The molecule has 0 spiro atoms. The smallest absolute Gasteiger partial charge is 0.267 e. The van der Waals surface area contributed by atoms with Gasteiger partial charge in [-0.1, -0.05) is 18.2 Å². The third kappa shape index (κ3) is 2.61. The predicted molar refractivity (Wildman–Crippen MR) is 47.1 cm³/mol. The summed E-state index contributed by atoms with van der Waals surface area (Å²) in [6.45, 7) is 0. The predicted octanol–water partition coefficient (Wildman–Crippen LogP) is 0.911. The summed E-state index contributed by atoms with van der Waals surface area (Å²) in [6.07, 6.45) is 2.52. The molecule has 4 nitrogen and oxygen atoms in total. The third-order valence-corrected chi connectivity index (χ3v) is 1.46. The lowest BCUT2D eigenvalue weighted by molar-refractivity contribution is -0.124. The Morgan fingerprint density at radius 3 is 2.69 bits per heavy atom. The Morgan fingerprint density at radius 2 is 2.08 bits per heavy atom. The molecule has 0 fully saturated rings. The molecule has 0 saturated carbocycles. The molecule has 1 aromatic carbocycles. The molecule has 0 radical (unpaired) electrons. The van der Waals surface area contributed by atoms with Crippen molar-refractivity contribution >= 4 is 12.0 Å². The van der Waals surface area contributed by atoms with Crippen LogP contribution in [0.15, 0.2) is 30.3 Å². The zero-order valence-electron chi connectivity index (χ0n) is 6.77. The van der Waals surface area contributed by atoms with Crippen molar-refractivity contribution in [1.82, 2.24) is 5.48 Å². The molecule has 3 N–H and O–H groups in total. The highest BCUT2D eigenvalue weighted by molar-refractivity contribution is 5.91. The van der Waals surface area contributed by atoms with E-state index in [9.17, 15) is 9.90 Å². The number of aromatic hydroxyl groups is 1. The Bertz CT molecular complexity index is 333. The van der Waals surface area contributed by atoms with Crippen LogP contribution in [0.25, 0.3) is 6.08 Å². The number of carbonyl (C=O) groups excluding carboxylic acids is 1. The molecular formula is C9H9NO3. The van der Waals surface area contributed by atoms with Gasteiger partial charge in [-0.3, -0.25) is 10.0 Å². The van der Waals surface area contributed by atoms with Crippen molar-refractivity contribution < 1.29 is 15.1 Å². The third-order valence-electron chi connectivity index (χ3n) is 1.46. The van der Waals surface area contributed by atoms with Crippen molar-refractivity contribution in [1.29, 1.82) is 0 Å². The molecule has 0 saturated heterocycles. The van der Waals surface area contributed by atoms with Crippen molar-refractivity contribution in [2.45, 2.75) is 0 Å². The molecular weight excluding hydrogens is 170 g/mol. The number of phenols is 1. The minimum Gasteiger partial charge on any atom is -0.507 e. The number of carbonyl (C=O) groups is 1. The largest absolute Gasteiger partial charge is 0.507 e. The van der Waals surface area contributed by atoms with E-state index in [1.807, 2.05) is 0 Å². The van der Waals surface area contributed by atoms with Gasteiger partial charge in [0.25, 0.3) is 5.91 Å². The molecule has 0 bridgehead atoms. The number of rotatable bonds is 2. The van der Waals surface area contributed by atoms with Crippen molar-refractivity contribution in [3.63, 3.8) is 0 Å². The summed E-state index contributed by atoms with van der Waals surface area (Å²) in [4.78, 5) is 10.6. The standard InChI is InChI=1S/C9H9NO3/c11-8-4-2-1-3-7(8)5-6-9(12)10-13/h1-6,11,13H,(H,10,12)/b6-5+. The van der Waals surface area contributed by atoms with Crippen LogP contribution in [0.3, 0.4) is 0 Å². The lowest BCUT2D eigenvalue weighted by Crippen LogP contribution is -2.14. The highest BCUT2D eigenvalue weighted by Crippen LogP contribution is 2.16. The molecule has 68 valence electrons. The lowest BCUT2D eigenvalue weighted by Gasteiger charge is -1.96. The second-order valence-electron chi connectivity index (χ2n) is 2.37. The molecule has 0 aromatic heterocycles. The van der Waals surface area contributed by atoms with Gasteiger partial charge in [0, 0.05) is 11.6 Å². The van der Waals surface area contributed by atoms with Crippen LogP contribution in [0.5, 0.6) is 5.75 Å². The fourth-order valence-corrected chi connectivity index (χ4v) is 0.831. The number of hydrogen-bond acceptors (Lipinski definition) is 3. The second-order valence-corrected chi connectivity index (χ2v) is 2.37. The molecule has 0 heterocycles. The minimum atomic E-state index is -0.636. The molecule has 1 rings (SSSR count). The number of hydrogen-bond donors (Lipinski definition) is 3. The first-order chi connectivity index (χ1) is 6.24. The van der Waals surface area contributed by atoms with E-state index in [-0.39, 0.29) is 5.75 Å². The number of benzene rings is 1. The molecule has 0 aliphatic rings. The van der Waals surface area contributed by atoms with E-state index in [0.29, 0.717) is 5.56 Å². The summed E-state index contributed by atoms with van der Waals surface area (Å²) in [7, 11) is 0. The molecule has 0 aliphatic heterocycles. The SMILES string of the molecule is O=C(/C=C/c1ccccc1O)NO. The number of amides is 1. The van der Waals surface area contributed by atoms with Crippen LogP contribution in [-0.2, 0) is 4.79 Å². The van der Waals surface area contributed by atoms with Crippen molar-refractivity contribution in [3.05, 3.63) is 35.9 Å². The van der Waals surface area contributed by atoms with Crippen LogP contribution < -0.4 is 5.48 Å². The van der Waals surface area contributed by atoms with Gasteiger partial charge in [0.05, 0.1) is 0 Å². The van der Waals surface area contributed by atoms with Gasteiger partial charge in [-0.15, -0.1) is 0 Å². The summed E-state index contributed by atoms with van der Waals surface area (Å²) < 4.78 is 0. The maximum absolute atomic E-state index is 10.6. The van der Waals surface area contributed by atoms with Crippen molar-refractivity contribution in [2.24, 2.45) is 0 Å². The van der Waals surface area contributed by atoms with E-state index in [1.165, 1.54) is 17.6 Å².